The van der Waals surface area contributed by atoms with Gasteiger partial charge in [-0.05, 0) is 32.5 Å². The standard InChI is InChI=1S/C14H26O2S2/c1-4-6-7-8-9-10-11-13(12(3)15)18-14(17)16-5-2/h13H,4-11H2,1-3H3. The first kappa shape index (κ1) is 17.9. The van der Waals surface area contributed by atoms with E-state index in [0.717, 1.165) is 12.8 Å². The topological polar surface area (TPSA) is 26.3 Å². The van der Waals surface area contributed by atoms with Gasteiger partial charge in [-0.15, -0.1) is 0 Å². The summed E-state index contributed by atoms with van der Waals surface area (Å²) in [5.41, 5.74) is 0. The van der Waals surface area contributed by atoms with Crippen molar-refractivity contribution in [3.63, 3.8) is 0 Å². The minimum atomic E-state index is -0.0183. The van der Waals surface area contributed by atoms with Crippen LogP contribution in [0.15, 0.2) is 0 Å². The highest BCUT2D eigenvalue weighted by Gasteiger charge is 2.17. The minimum Gasteiger partial charge on any atom is -0.479 e. The molecular formula is C14H26O2S2. The summed E-state index contributed by atoms with van der Waals surface area (Å²) in [5, 5.41) is -0.0183. The van der Waals surface area contributed by atoms with Gasteiger partial charge in [-0.25, -0.2) is 0 Å². The van der Waals surface area contributed by atoms with Gasteiger partial charge in [0.15, 0.2) is 0 Å². The molecule has 0 saturated carbocycles. The lowest BCUT2D eigenvalue weighted by Crippen LogP contribution is -2.16. The van der Waals surface area contributed by atoms with E-state index in [-0.39, 0.29) is 11.0 Å². The minimum absolute atomic E-state index is 0.0183. The number of unbranched alkanes of at least 4 members (excludes halogenated alkanes) is 5. The number of thiocarbonyl (C=S) groups is 1. The van der Waals surface area contributed by atoms with E-state index in [4.69, 9.17) is 17.0 Å². The quantitative estimate of drug-likeness (QED) is 0.428. The van der Waals surface area contributed by atoms with Gasteiger partial charge >= 0.3 is 0 Å². The first-order chi connectivity index (χ1) is 8.61. The van der Waals surface area contributed by atoms with Crippen molar-refractivity contribution in [2.24, 2.45) is 0 Å². The predicted molar refractivity (Wildman–Crippen MR) is 84.3 cm³/mol. The maximum absolute atomic E-state index is 11.5. The summed E-state index contributed by atoms with van der Waals surface area (Å²) in [4.78, 5) is 11.5. The fraction of sp³-hybridized carbons (Fsp3) is 0.857. The average Bonchev–Trinajstić information content (AvgIpc) is 2.32. The fourth-order valence-corrected chi connectivity index (χ4v) is 3.06. The Morgan fingerprint density at radius 3 is 2.33 bits per heavy atom. The molecule has 0 rings (SSSR count). The monoisotopic (exact) mass is 290 g/mol. The molecule has 0 fully saturated rings. The summed E-state index contributed by atoms with van der Waals surface area (Å²) >= 11 is 6.48. The first-order valence-corrected chi connectivity index (χ1v) is 8.24. The lowest BCUT2D eigenvalue weighted by atomic mass is 10.1. The maximum Gasteiger partial charge on any atom is 0.220 e. The second kappa shape index (κ2) is 12.0. The molecule has 0 amide bonds. The molecule has 4 heteroatoms. The molecule has 0 aliphatic heterocycles. The Morgan fingerprint density at radius 1 is 1.17 bits per heavy atom. The van der Waals surface area contributed by atoms with Crippen molar-refractivity contribution < 1.29 is 9.53 Å². The Bertz CT molecular complexity index is 242. The van der Waals surface area contributed by atoms with E-state index < -0.39 is 0 Å². The number of ether oxygens (including phenoxy) is 1. The molecule has 0 aromatic rings. The van der Waals surface area contributed by atoms with E-state index in [9.17, 15) is 4.79 Å². The highest BCUT2D eigenvalue weighted by atomic mass is 32.2. The molecule has 1 atom stereocenters. The van der Waals surface area contributed by atoms with Crippen LogP contribution in [0.25, 0.3) is 0 Å². The number of carbonyl (C=O) groups excluding carboxylic acids is 1. The molecule has 0 spiro atoms. The number of Topliss-reactive ketones (excluding diaryl/α,β-unsaturated/α-hetero) is 1. The van der Waals surface area contributed by atoms with Gasteiger partial charge in [0, 0.05) is 0 Å². The third-order valence-electron chi connectivity index (χ3n) is 2.77. The number of carbonyl (C=O) groups is 1. The summed E-state index contributed by atoms with van der Waals surface area (Å²) < 4.78 is 5.73. The normalized spacial score (nSPS) is 12.2. The zero-order valence-electron chi connectivity index (χ0n) is 11.9. The molecule has 0 aliphatic rings. The van der Waals surface area contributed by atoms with Crippen LogP contribution in [-0.4, -0.2) is 22.0 Å². The zero-order chi connectivity index (χ0) is 13.8. The fourth-order valence-electron chi connectivity index (χ4n) is 1.72. The van der Waals surface area contributed by atoms with E-state index >= 15 is 0 Å². The number of ketones is 1. The van der Waals surface area contributed by atoms with Gasteiger partial charge in [-0.1, -0.05) is 57.2 Å². The number of hydrogen-bond acceptors (Lipinski definition) is 4. The number of rotatable bonds is 10. The largest absolute Gasteiger partial charge is 0.479 e. The number of thioether (sulfide) groups is 1. The van der Waals surface area contributed by atoms with Crippen LogP contribution in [0.2, 0.25) is 0 Å². The number of hydrogen-bond donors (Lipinski definition) is 0. The zero-order valence-corrected chi connectivity index (χ0v) is 13.5. The smallest absolute Gasteiger partial charge is 0.220 e. The van der Waals surface area contributed by atoms with Crippen molar-refractivity contribution in [3.8, 4) is 0 Å². The van der Waals surface area contributed by atoms with Crippen molar-refractivity contribution in [1.29, 1.82) is 0 Å². The van der Waals surface area contributed by atoms with E-state index in [1.165, 1.54) is 43.9 Å². The SMILES string of the molecule is CCCCCCCCC(SC(=S)OCC)C(C)=O. The highest BCUT2D eigenvalue weighted by Crippen LogP contribution is 2.21. The second-order valence-corrected chi connectivity index (χ2v) is 6.26. The summed E-state index contributed by atoms with van der Waals surface area (Å²) in [6, 6.07) is 0. The summed E-state index contributed by atoms with van der Waals surface area (Å²) in [6.45, 7) is 6.34. The maximum atomic E-state index is 11.5. The summed E-state index contributed by atoms with van der Waals surface area (Å²) in [7, 11) is 0. The summed E-state index contributed by atoms with van der Waals surface area (Å²) in [6.07, 6.45) is 8.42. The van der Waals surface area contributed by atoms with Gasteiger partial charge in [0.05, 0.1) is 11.9 Å². The molecule has 1 unspecified atom stereocenters. The Hall–Kier alpha value is -0.0900. The third-order valence-corrected chi connectivity index (χ3v) is 4.34. The molecule has 0 bridgehead atoms. The van der Waals surface area contributed by atoms with E-state index in [2.05, 4.69) is 6.92 Å². The van der Waals surface area contributed by atoms with Crippen LogP contribution in [-0.2, 0) is 9.53 Å². The van der Waals surface area contributed by atoms with Gasteiger partial charge in [-0.3, -0.25) is 4.79 Å². The van der Waals surface area contributed by atoms with Gasteiger partial charge in [-0.2, -0.15) is 0 Å². The molecule has 0 N–H and O–H groups in total. The van der Waals surface area contributed by atoms with Crippen LogP contribution in [0.5, 0.6) is 0 Å². The molecule has 0 aromatic heterocycles. The Morgan fingerprint density at radius 2 is 1.78 bits per heavy atom. The third kappa shape index (κ3) is 9.89. The van der Waals surface area contributed by atoms with Gasteiger partial charge in [0.1, 0.15) is 5.78 Å². The van der Waals surface area contributed by atoms with Crippen LogP contribution < -0.4 is 0 Å². The Kier molecular flexibility index (Phi) is 11.9. The van der Waals surface area contributed by atoms with Crippen molar-refractivity contribution in [2.75, 3.05) is 6.61 Å². The van der Waals surface area contributed by atoms with Crippen molar-refractivity contribution in [3.05, 3.63) is 0 Å². The van der Waals surface area contributed by atoms with Crippen molar-refractivity contribution in [1.82, 2.24) is 0 Å². The highest BCUT2D eigenvalue weighted by molar-refractivity contribution is 8.23. The molecule has 0 heterocycles. The molecule has 2 nitrogen and oxygen atoms in total. The van der Waals surface area contributed by atoms with Crippen LogP contribution in [0, 0.1) is 0 Å². The molecule has 0 saturated heterocycles. The van der Waals surface area contributed by atoms with E-state index in [1.807, 2.05) is 6.92 Å². The molecule has 106 valence electrons. The molecule has 18 heavy (non-hydrogen) atoms. The van der Waals surface area contributed by atoms with E-state index in [1.54, 1.807) is 6.92 Å². The van der Waals surface area contributed by atoms with Crippen molar-refractivity contribution in [2.45, 2.75) is 71.0 Å². The van der Waals surface area contributed by atoms with Gasteiger partial charge in [0.25, 0.3) is 0 Å². The predicted octanol–water partition coefficient (Wildman–Crippen LogP) is 4.75. The van der Waals surface area contributed by atoms with Crippen LogP contribution in [0.1, 0.15) is 65.7 Å². The Balaban J connectivity index is 3.77. The lowest BCUT2D eigenvalue weighted by molar-refractivity contribution is -0.116. The van der Waals surface area contributed by atoms with Crippen LogP contribution in [0.3, 0.4) is 0 Å². The van der Waals surface area contributed by atoms with Gasteiger partial charge < -0.3 is 4.74 Å². The second-order valence-electron chi connectivity index (χ2n) is 4.46. The molecule has 0 radical (unpaired) electrons. The molecular weight excluding hydrogens is 264 g/mol. The first-order valence-electron chi connectivity index (χ1n) is 6.95. The summed E-state index contributed by atoms with van der Waals surface area (Å²) in [5.74, 6) is 0.204. The van der Waals surface area contributed by atoms with Crippen LogP contribution >= 0.6 is 24.0 Å². The van der Waals surface area contributed by atoms with Crippen LogP contribution in [0.4, 0.5) is 0 Å². The van der Waals surface area contributed by atoms with Crippen molar-refractivity contribution >= 4 is 34.1 Å². The Labute approximate surface area is 121 Å². The molecule has 0 aromatic carbocycles. The van der Waals surface area contributed by atoms with E-state index in [0.29, 0.717) is 11.0 Å². The lowest BCUT2D eigenvalue weighted by Gasteiger charge is -2.13. The molecule has 0 aliphatic carbocycles. The van der Waals surface area contributed by atoms with Gasteiger partial charge in [0.2, 0.25) is 4.38 Å². The average molecular weight is 290 g/mol.